The second-order valence-corrected chi connectivity index (χ2v) is 5.78. The first kappa shape index (κ1) is 19.9. The van der Waals surface area contributed by atoms with E-state index in [0.29, 0.717) is 18.5 Å². The Hall–Kier alpha value is -3.42. The molecule has 142 valence electrons. The molecule has 0 fully saturated rings. The molecule has 1 amide bonds. The van der Waals surface area contributed by atoms with Crippen molar-refractivity contribution < 1.29 is 24.0 Å². The first-order valence-electron chi connectivity index (χ1n) is 8.22. The quantitative estimate of drug-likeness (QED) is 0.433. The minimum Gasteiger partial charge on any atom is -0.497 e. The van der Waals surface area contributed by atoms with Crippen molar-refractivity contribution in [3.8, 4) is 5.75 Å². The van der Waals surface area contributed by atoms with Crippen LogP contribution in [-0.2, 0) is 16.0 Å². The number of nitro benzene ring substituents is 1. The van der Waals surface area contributed by atoms with Crippen LogP contribution in [-0.4, -0.2) is 37.1 Å². The number of nitrogens with zero attached hydrogens (tertiary/aromatic N) is 1. The fourth-order valence-electron chi connectivity index (χ4n) is 2.34. The van der Waals surface area contributed by atoms with E-state index in [1.807, 2.05) is 24.3 Å². The minimum atomic E-state index is -0.789. The Morgan fingerprint density at radius 3 is 2.48 bits per heavy atom. The molecular formula is C19H20N2O6. The molecule has 0 radical (unpaired) electrons. The Kier molecular flexibility index (Phi) is 6.87. The second kappa shape index (κ2) is 9.33. The summed E-state index contributed by atoms with van der Waals surface area (Å²) in [5.41, 5.74) is 1.32. The predicted molar refractivity (Wildman–Crippen MR) is 97.8 cm³/mol. The molecule has 0 saturated carbocycles. The van der Waals surface area contributed by atoms with Gasteiger partial charge in [-0.15, -0.1) is 0 Å². The molecule has 1 N–H and O–H groups in total. The van der Waals surface area contributed by atoms with Gasteiger partial charge in [0.2, 0.25) is 0 Å². The van der Waals surface area contributed by atoms with E-state index in [2.05, 4.69) is 5.32 Å². The lowest BCUT2D eigenvalue weighted by Gasteiger charge is -2.08. The third kappa shape index (κ3) is 5.81. The van der Waals surface area contributed by atoms with Gasteiger partial charge in [-0.25, -0.2) is 4.79 Å². The molecule has 0 bridgehead atoms. The van der Waals surface area contributed by atoms with Gasteiger partial charge in [-0.3, -0.25) is 14.9 Å². The smallest absolute Gasteiger partial charge is 0.338 e. The average molecular weight is 372 g/mol. The van der Waals surface area contributed by atoms with Gasteiger partial charge in [-0.1, -0.05) is 18.2 Å². The SMILES string of the molecule is COc1ccc(CCNC(=O)COC(=O)c2ccc(C)c([N+](=O)[O-])c2)cc1. The molecule has 0 atom stereocenters. The van der Waals surface area contributed by atoms with Gasteiger partial charge in [-0.2, -0.15) is 0 Å². The van der Waals surface area contributed by atoms with Crippen LogP contribution in [0, 0.1) is 17.0 Å². The highest BCUT2D eigenvalue weighted by molar-refractivity contribution is 5.92. The van der Waals surface area contributed by atoms with Crippen LogP contribution in [0.15, 0.2) is 42.5 Å². The molecule has 0 saturated heterocycles. The molecule has 2 aromatic carbocycles. The lowest BCUT2D eigenvalue weighted by molar-refractivity contribution is -0.385. The number of amides is 1. The number of esters is 1. The van der Waals surface area contributed by atoms with Crippen molar-refractivity contribution in [2.75, 3.05) is 20.3 Å². The van der Waals surface area contributed by atoms with Gasteiger partial charge in [0.25, 0.3) is 11.6 Å². The highest BCUT2D eigenvalue weighted by atomic mass is 16.6. The molecule has 2 rings (SSSR count). The van der Waals surface area contributed by atoms with Gasteiger partial charge < -0.3 is 14.8 Å². The summed E-state index contributed by atoms with van der Waals surface area (Å²) >= 11 is 0. The topological polar surface area (TPSA) is 108 Å². The van der Waals surface area contributed by atoms with E-state index in [4.69, 9.17) is 9.47 Å². The number of benzene rings is 2. The number of nitro groups is 1. The molecule has 27 heavy (non-hydrogen) atoms. The number of nitrogens with one attached hydrogen (secondary N) is 1. The van der Waals surface area contributed by atoms with Crippen LogP contribution in [0.3, 0.4) is 0 Å². The van der Waals surface area contributed by atoms with Crippen molar-refractivity contribution >= 4 is 17.6 Å². The zero-order chi connectivity index (χ0) is 19.8. The first-order chi connectivity index (χ1) is 12.9. The van der Waals surface area contributed by atoms with Crippen LogP contribution in [0.4, 0.5) is 5.69 Å². The van der Waals surface area contributed by atoms with Gasteiger partial charge in [-0.05, 0) is 37.1 Å². The Morgan fingerprint density at radius 1 is 1.15 bits per heavy atom. The Morgan fingerprint density at radius 2 is 1.85 bits per heavy atom. The summed E-state index contributed by atoms with van der Waals surface area (Å²) in [4.78, 5) is 34.1. The van der Waals surface area contributed by atoms with E-state index in [-0.39, 0.29) is 11.3 Å². The Bertz CT molecular complexity index is 833. The van der Waals surface area contributed by atoms with Crippen molar-refractivity contribution in [3.63, 3.8) is 0 Å². The maximum Gasteiger partial charge on any atom is 0.338 e. The highest BCUT2D eigenvalue weighted by Crippen LogP contribution is 2.19. The van der Waals surface area contributed by atoms with E-state index in [1.54, 1.807) is 14.0 Å². The van der Waals surface area contributed by atoms with Gasteiger partial charge in [0, 0.05) is 18.2 Å². The summed E-state index contributed by atoms with van der Waals surface area (Å²) in [5, 5.41) is 13.6. The van der Waals surface area contributed by atoms with Crippen LogP contribution >= 0.6 is 0 Å². The van der Waals surface area contributed by atoms with Crippen LogP contribution in [0.2, 0.25) is 0 Å². The Balaban J connectivity index is 1.78. The van der Waals surface area contributed by atoms with Gasteiger partial charge in [0.1, 0.15) is 5.75 Å². The molecule has 0 aliphatic carbocycles. The largest absolute Gasteiger partial charge is 0.497 e. The van der Waals surface area contributed by atoms with Gasteiger partial charge in [0.15, 0.2) is 6.61 Å². The number of hydrogen-bond donors (Lipinski definition) is 1. The maximum atomic E-state index is 12.0. The summed E-state index contributed by atoms with van der Waals surface area (Å²) in [6.45, 7) is 1.51. The van der Waals surface area contributed by atoms with Crippen molar-refractivity contribution in [2.24, 2.45) is 0 Å². The van der Waals surface area contributed by atoms with Crippen LogP contribution in [0.25, 0.3) is 0 Å². The molecule has 0 aliphatic heterocycles. The zero-order valence-corrected chi connectivity index (χ0v) is 15.1. The summed E-state index contributed by atoms with van der Waals surface area (Å²) in [6.07, 6.45) is 0.619. The summed E-state index contributed by atoms with van der Waals surface area (Å²) in [5.74, 6) is -0.479. The van der Waals surface area contributed by atoms with Crippen LogP contribution < -0.4 is 10.1 Å². The standard InChI is InChI=1S/C19H20N2O6/c1-13-3-6-15(11-17(13)21(24)25)19(23)27-12-18(22)20-10-9-14-4-7-16(26-2)8-5-14/h3-8,11H,9-10,12H2,1-2H3,(H,20,22). The second-order valence-electron chi connectivity index (χ2n) is 5.78. The number of methoxy groups -OCH3 is 1. The third-order valence-corrected chi connectivity index (χ3v) is 3.87. The first-order valence-corrected chi connectivity index (χ1v) is 8.22. The van der Waals surface area contributed by atoms with E-state index in [1.165, 1.54) is 12.1 Å². The van der Waals surface area contributed by atoms with Gasteiger partial charge in [0.05, 0.1) is 17.6 Å². The molecule has 0 aliphatic rings. The number of carbonyl (C=O) groups excluding carboxylic acids is 2. The van der Waals surface area contributed by atoms with E-state index >= 15 is 0 Å². The maximum absolute atomic E-state index is 12.0. The highest BCUT2D eigenvalue weighted by Gasteiger charge is 2.16. The summed E-state index contributed by atoms with van der Waals surface area (Å²) in [7, 11) is 1.59. The number of ether oxygens (including phenoxy) is 2. The van der Waals surface area contributed by atoms with Crippen molar-refractivity contribution in [1.82, 2.24) is 5.32 Å². The van der Waals surface area contributed by atoms with E-state index in [9.17, 15) is 19.7 Å². The fourth-order valence-corrected chi connectivity index (χ4v) is 2.34. The molecule has 0 aromatic heterocycles. The zero-order valence-electron chi connectivity index (χ0n) is 15.1. The molecule has 0 spiro atoms. The number of aryl methyl sites for hydroxylation is 1. The van der Waals surface area contributed by atoms with E-state index in [0.717, 1.165) is 17.4 Å². The molecule has 8 nitrogen and oxygen atoms in total. The molecule has 2 aromatic rings. The summed E-state index contributed by atoms with van der Waals surface area (Å²) < 4.78 is 9.98. The third-order valence-electron chi connectivity index (χ3n) is 3.87. The van der Waals surface area contributed by atoms with Crippen molar-refractivity contribution in [2.45, 2.75) is 13.3 Å². The number of carbonyl (C=O) groups is 2. The fraction of sp³-hybridized carbons (Fsp3) is 0.263. The number of hydrogen-bond acceptors (Lipinski definition) is 6. The van der Waals surface area contributed by atoms with Crippen LogP contribution in [0.5, 0.6) is 5.75 Å². The van der Waals surface area contributed by atoms with E-state index < -0.39 is 23.4 Å². The average Bonchev–Trinajstić information content (AvgIpc) is 2.66. The number of rotatable bonds is 8. The normalized spacial score (nSPS) is 10.1. The lowest BCUT2D eigenvalue weighted by Crippen LogP contribution is -2.30. The van der Waals surface area contributed by atoms with Gasteiger partial charge >= 0.3 is 5.97 Å². The minimum absolute atomic E-state index is 0.0262. The van der Waals surface area contributed by atoms with Crippen LogP contribution in [0.1, 0.15) is 21.5 Å². The molecule has 0 unspecified atom stereocenters. The monoisotopic (exact) mass is 372 g/mol. The molecular weight excluding hydrogens is 352 g/mol. The van der Waals surface area contributed by atoms with Crippen molar-refractivity contribution in [3.05, 3.63) is 69.3 Å². The molecule has 8 heteroatoms. The predicted octanol–water partition coefficient (Wildman–Crippen LogP) is 2.43. The summed E-state index contributed by atoms with van der Waals surface area (Å²) in [6, 6.07) is 11.5. The molecule has 0 heterocycles. The lowest BCUT2D eigenvalue weighted by atomic mass is 10.1. The van der Waals surface area contributed by atoms with Crippen molar-refractivity contribution in [1.29, 1.82) is 0 Å². The Labute approximate surface area is 156 Å².